The van der Waals surface area contributed by atoms with E-state index in [9.17, 15) is 20.2 Å². The summed E-state index contributed by atoms with van der Waals surface area (Å²) in [5.74, 6) is 5.29. The van der Waals surface area contributed by atoms with Gasteiger partial charge in [-0.1, -0.05) is 121 Å². The largest absolute Gasteiger partial charge is 0.464 e. The number of non-ortho nitro benzene ring substituents is 1. The zero-order chi connectivity index (χ0) is 71.1. The number of hydrogen-bond donors (Lipinski definition) is 1. The molecule has 5 aliphatic rings. The van der Waals surface area contributed by atoms with Gasteiger partial charge in [-0.25, -0.2) is 0 Å². The van der Waals surface area contributed by atoms with Gasteiger partial charge in [0.15, 0.2) is 36.8 Å². The fraction of sp³-hybridized carbons (Fsp3) is 0.0824. The van der Waals surface area contributed by atoms with Crippen molar-refractivity contribution in [3.8, 4) is 62.5 Å². The molecule has 0 saturated heterocycles. The lowest BCUT2D eigenvalue weighted by Gasteiger charge is -2.16. The summed E-state index contributed by atoms with van der Waals surface area (Å²) in [5.41, 5.74) is 17.6. The number of nitro benzene ring substituents is 2. The number of fused-ring (bicyclic) bond motifs is 5. The number of benzene rings is 10. The topological polar surface area (TPSA) is 189 Å². The number of aryl methyl sites for hydroxylation is 2. The molecule has 8 heterocycles. The fourth-order valence-electron chi connectivity index (χ4n) is 12.4. The van der Waals surface area contributed by atoms with Gasteiger partial charge in [0.2, 0.25) is 22.7 Å². The van der Waals surface area contributed by atoms with E-state index in [0.717, 1.165) is 124 Å². The molecule has 0 spiro atoms. The molecule has 10 aromatic carbocycles. The van der Waals surface area contributed by atoms with Crippen LogP contribution in [0.4, 0.5) is 39.8 Å². The van der Waals surface area contributed by atoms with Crippen LogP contribution in [0.1, 0.15) is 38.9 Å². The molecule has 0 radical (unpaired) electrons. The molecule has 0 unspecified atom stereocenters. The average Bonchev–Trinajstić information content (AvgIpc) is 1.04. The van der Waals surface area contributed by atoms with Gasteiger partial charge in [-0.3, -0.25) is 25.2 Å². The number of ether oxygens (including phenoxy) is 5. The normalized spacial score (nSPS) is 13.2. The first-order valence-corrected chi connectivity index (χ1v) is 33.6. The van der Waals surface area contributed by atoms with Gasteiger partial charge < -0.3 is 33.1 Å². The minimum absolute atomic E-state index is 0.0726. The Labute approximate surface area is 599 Å². The van der Waals surface area contributed by atoms with Crippen molar-refractivity contribution in [1.29, 1.82) is 0 Å². The van der Waals surface area contributed by atoms with E-state index in [-0.39, 0.29) is 23.0 Å². The number of nitrogens with zero attached hydrogens (tertiary/aromatic N) is 8. The SMILES string of the molecule is C1=[N+](c2ccccc2)COc2c1cccc2-c1ccc[nH]1.C1=[N+](c2ccccc2)COc2c1cccc2-c1cccnc1.C1=[N+](c2ccccc2)COc2c1cccc2-c1ccco1.Cc1cccc2c1OC[N+](c1ccc([N+](=O)[O-])cc1)=C2.Cc1cccc2c1OC[N+](c1ccccc1[N+](=O)[O-])=C2. The van der Waals surface area contributed by atoms with Gasteiger partial charge in [0, 0.05) is 114 Å². The van der Waals surface area contributed by atoms with Gasteiger partial charge in [0.1, 0.15) is 28.8 Å². The predicted molar refractivity (Wildman–Crippen MR) is 401 cm³/mol. The molecule has 0 atom stereocenters. The number of nitro groups is 2. The summed E-state index contributed by atoms with van der Waals surface area (Å²) < 4.78 is 45.0. The van der Waals surface area contributed by atoms with Gasteiger partial charge in [0.25, 0.3) is 45.0 Å². The lowest BCUT2D eigenvalue weighted by Crippen LogP contribution is -2.21. The third-order valence-corrected chi connectivity index (χ3v) is 17.5. The molecule has 13 aromatic rings. The van der Waals surface area contributed by atoms with Crippen molar-refractivity contribution in [2.75, 3.05) is 33.7 Å². The summed E-state index contributed by atoms with van der Waals surface area (Å²) in [6.45, 7) is 6.18. The standard InChI is InChI=1S/C19H15N2O.C18H15N2O.C18H14NO2.2C15H13N2O3/c1-2-8-17(9-3-1)21-13-16-6-4-10-18(19(16)22-14-21)15-7-5-11-20-12-15;1-2-7-15(8-3-1)20-12-14-6-4-9-16(18(14)21-13-20)17-10-5-11-19-17;1-2-7-15(8-3-1)19-12-14-6-4-9-16(18(14)21-13-19)17-10-5-11-20-17;1-11-5-4-6-12-9-16(10-20-15(11)12)13-7-2-3-8-14(13)17(18)19;1-11-3-2-4-12-9-16(10-20-15(11)12)13-5-7-14(8-6-13)17(18)19/h1-13H,14H2;1-12,19H,13H2;1-12H,13H2;2*2-9H,10H2,1H3/q5*+1. The first-order chi connectivity index (χ1) is 51.1. The van der Waals surface area contributed by atoms with E-state index >= 15 is 0 Å². The Morgan fingerprint density at radius 1 is 0.375 bits per heavy atom. The Bertz CT molecular complexity index is 5260. The molecule has 19 heteroatoms. The number of furan rings is 1. The first kappa shape index (κ1) is 67.3. The van der Waals surface area contributed by atoms with Crippen molar-refractivity contribution < 1.29 is 60.8 Å². The van der Waals surface area contributed by atoms with Crippen LogP contribution in [-0.4, -0.2) is 107 Å². The smallest absolute Gasteiger partial charge is 0.340 e. The van der Waals surface area contributed by atoms with E-state index in [1.807, 2.05) is 171 Å². The molecule has 0 aliphatic carbocycles. The lowest BCUT2D eigenvalue weighted by atomic mass is 10.0. The van der Waals surface area contributed by atoms with E-state index < -0.39 is 4.92 Å². The van der Waals surface area contributed by atoms with E-state index in [2.05, 4.69) is 133 Å². The van der Waals surface area contributed by atoms with Crippen molar-refractivity contribution in [1.82, 2.24) is 9.97 Å². The van der Waals surface area contributed by atoms with Crippen LogP contribution in [0.2, 0.25) is 0 Å². The lowest BCUT2D eigenvalue weighted by molar-refractivity contribution is -0.487. The summed E-state index contributed by atoms with van der Waals surface area (Å²) in [5, 5.41) is 21.7. The second-order valence-corrected chi connectivity index (χ2v) is 24.3. The monoisotopic (exact) mass is 1380 g/mol. The fourth-order valence-corrected chi connectivity index (χ4v) is 12.4. The zero-order valence-electron chi connectivity index (χ0n) is 56.8. The van der Waals surface area contributed by atoms with Crippen molar-refractivity contribution in [3.63, 3.8) is 0 Å². The Kier molecular flexibility index (Phi) is 20.4. The van der Waals surface area contributed by atoms with Crippen LogP contribution in [0.3, 0.4) is 0 Å². The van der Waals surface area contributed by atoms with Crippen LogP contribution < -0.4 is 23.7 Å². The summed E-state index contributed by atoms with van der Waals surface area (Å²) >= 11 is 0. The number of nitrogens with one attached hydrogen (secondary N) is 1. The second kappa shape index (κ2) is 31.5. The predicted octanol–water partition coefficient (Wildman–Crippen LogP) is 17.7. The number of aromatic amines is 1. The molecule has 0 bridgehead atoms. The Balaban J connectivity index is 0.000000110. The number of aromatic nitrogens is 2. The van der Waals surface area contributed by atoms with E-state index in [1.165, 1.54) is 18.2 Å². The third kappa shape index (κ3) is 15.4. The summed E-state index contributed by atoms with van der Waals surface area (Å²) in [6, 6.07) is 86.0. The number of H-pyrrole nitrogens is 1. The van der Waals surface area contributed by atoms with Crippen molar-refractivity contribution in [2.45, 2.75) is 13.8 Å². The second-order valence-electron chi connectivity index (χ2n) is 24.3. The summed E-state index contributed by atoms with van der Waals surface area (Å²) in [7, 11) is 0. The summed E-state index contributed by atoms with van der Waals surface area (Å²) in [4.78, 5) is 28.4. The van der Waals surface area contributed by atoms with Gasteiger partial charge >= 0.3 is 5.69 Å². The van der Waals surface area contributed by atoms with Crippen molar-refractivity contribution in [2.24, 2.45) is 0 Å². The highest BCUT2D eigenvalue weighted by Gasteiger charge is 2.29. The maximum absolute atomic E-state index is 11.1. The highest BCUT2D eigenvalue weighted by Crippen LogP contribution is 2.39. The molecule has 510 valence electrons. The molecular formula is C85H70N9O10+5. The van der Waals surface area contributed by atoms with Crippen LogP contribution in [0, 0.1) is 34.1 Å². The summed E-state index contributed by atoms with van der Waals surface area (Å²) in [6.07, 6.45) is 17.5. The Morgan fingerprint density at radius 3 is 1.28 bits per heavy atom. The minimum Gasteiger partial charge on any atom is -0.464 e. The molecule has 5 aliphatic heterocycles. The quantitative estimate of drug-likeness (QED) is 0.0779. The molecule has 1 N–H and O–H groups in total. The van der Waals surface area contributed by atoms with E-state index in [4.69, 9.17) is 28.1 Å². The Morgan fingerprint density at radius 2 is 0.808 bits per heavy atom. The highest BCUT2D eigenvalue weighted by molar-refractivity contribution is 5.90. The molecule has 3 aromatic heterocycles. The van der Waals surface area contributed by atoms with Crippen LogP contribution in [0.15, 0.2) is 296 Å². The molecule has 0 fully saturated rings. The Hall–Kier alpha value is -13.9. The molecule has 0 amide bonds. The average molecular weight is 1380 g/mol. The number of hydrogen-bond acceptors (Lipinski definition) is 11. The maximum Gasteiger partial charge on any atom is 0.340 e. The van der Waals surface area contributed by atoms with Crippen LogP contribution in [0.5, 0.6) is 28.7 Å². The zero-order valence-corrected chi connectivity index (χ0v) is 56.8. The molecule has 18 rings (SSSR count). The molecule has 104 heavy (non-hydrogen) atoms. The number of rotatable bonds is 10. The van der Waals surface area contributed by atoms with Gasteiger partial charge in [-0.05, 0) is 97.8 Å². The molecule has 19 nitrogen and oxygen atoms in total. The van der Waals surface area contributed by atoms with E-state index in [0.29, 0.717) is 32.6 Å². The van der Waals surface area contributed by atoms with Crippen molar-refractivity contribution >= 4 is 70.9 Å². The molecule has 0 saturated carbocycles. The van der Waals surface area contributed by atoms with Crippen LogP contribution in [-0.2, 0) is 0 Å². The number of para-hydroxylation sites is 10. The number of pyridine rings is 1. The van der Waals surface area contributed by atoms with Crippen LogP contribution in [0.25, 0.3) is 33.7 Å². The molecular weight excluding hydrogens is 1310 g/mol. The minimum atomic E-state index is -0.404. The maximum atomic E-state index is 11.1. The van der Waals surface area contributed by atoms with Gasteiger partial charge in [0.05, 0.1) is 49.5 Å². The van der Waals surface area contributed by atoms with Crippen LogP contribution >= 0.6 is 0 Å². The van der Waals surface area contributed by atoms with Gasteiger partial charge in [-0.15, -0.1) is 0 Å². The third-order valence-electron chi connectivity index (χ3n) is 17.5. The van der Waals surface area contributed by atoms with Gasteiger partial charge in [-0.2, -0.15) is 22.9 Å². The highest BCUT2D eigenvalue weighted by atomic mass is 16.6. The first-order valence-electron chi connectivity index (χ1n) is 33.6. The van der Waals surface area contributed by atoms with Crippen molar-refractivity contribution in [3.05, 3.63) is 351 Å². The van der Waals surface area contributed by atoms with E-state index in [1.54, 1.807) is 47.4 Å².